The smallest absolute Gasteiger partial charge is 0.237 e. The van der Waals surface area contributed by atoms with Crippen LogP contribution >= 0.6 is 11.8 Å². The van der Waals surface area contributed by atoms with Crippen LogP contribution in [-0.2, 0) is 4.79 Å². The second-order valence-corrected chi connectivity index (χ2v) is 6.19. The molecule has 4 nitrogen and oxygen atoms in total. The summed E-state index contributed by atoms with van der Waals surface area (Å²) in [6, 6.07) is 11.2. The number of anilines is 1. The summed E-state index contributed by atoms with van der Waals surface area (Å²) in [4.78, 5) is 13.1. The predicted octanol–water partition coefficient (Wildman–Crippen LogP) is 3.96. The summed E-state index contributed by atoms with van der Waals surface area (Å²) < 4.78 is 23.3. The summed E-state index contributed by atoms with van der Waals surface area (Å²) >= 11 is 1.36. The highest BCUT2D eigenvalue weighted by atomic mass is 32.2. The van der Waals surface area contributed by atoms with Gasteiger partial charge in [-0.1, -0.05) is 0 Å². The van der Waals surface area contributed by atoms with Crippen molar-refractivity contribution in [3.05, 3.63) is 48.3 Å². The van der Waals surface area contributed by atoms with Crippen LogP contribution < -0.4 is 14.8 Å². The van der Waals surface area contributed by atoms with Crippen molar-refractivity contribution in [3.63, 3.8) is 0 Å². The van der Waals surface area contributed by atoms with E-state index in [4.69, 9.17) is 9.47 Å². The molecule has 0 bridgehead atoms. The van der Waals surface area contributed by atoms with Crippen LogP contribution in [0.15, 0.2) is 47.4 Å². The highest BCUT2D eigenvalue weighted by Crippen LogP contribution is 2.30. The van der Waals surface area contributed by atoms with Gasteiger partial charge in [0.2, 0.25) is 5.91 Å². The van der Waals surface area contributed by atoms with Crippen LogP contribution in [0.25, 0.3) is 0 Å². The summed E-state index contributed by atoms with van der Waals surface area (Å²) in [5.74, 6) is 0.701. The number of carbonyl (C=O) groups excluding carboxylic acids is 1. The van der Waals surface area contributed by atoms with Crippen molar-refractivity contribution in [2.75, 3.05) is 19.5 Å². The zero-order valence-electron chi connectivity index (χ0n) is 13.1. The van der Waals surface area contributed by atoms with E-state index in [1.54, 1.807) is 44.4 Å². The molecule has 122 valence electrons. The SMILES string of the molecule is COc1ccc(NC(=O)C(C)Sc2ccc(F)cc2)cc1OC. The fourth-order valence-electron chi connectivity index (χ4n) is 1.93. The number of hydrogen-bond acceptors (Lipinski definition) is 4. The molecule has 1 atom stereocenters. The van der Waals surface area contributed by atoms with E-state index in [0.717, 1.165) is 4.90 Å². The molecular formula is C17H18FNO3S. The number of carbonyl (C=O) groups is 1. The summed E-state index contributed by atoms with van der Waals surface area (Å²) in [5, 5.41) is 2.50. The number of rotatable bonds is 6. The largest absolute Gasteiger partial charge is 0.493 e. The van der Waals surface area contributed by atoms with E-state index in [9.17, 15) is 9.18 Å². The maximum atomic E-state index is 12.9. The molecule has 0 radical (unpaired) electrons. The Morgan fingerprint density at radius 2 is 1.74 bits per heavy atom. The summed E-state index contributed by atoms with van der Waals surface area (Å²) in [7, 11) is 3.09. The second kappa shape index (κ2) is 7.87. The number of ether oxygens (including phenoxy) is 2. The maximum Gasteiger partial charge on any atom is 0.237 e. The molecule has 2 aromatic rings. The normalized spacial score (nSPS) is 11.7. The minimum Gasteiger partial charge on any atom is -0.493 e. The van der Waals surface area contributed by atoms with Crippen LogP contribution in [0.4, 0.5) is 10.1 Å². The minimum absolute atomic E-state index is 0.147. The molecule has 0 aliphatic heterocycles. The minimum atomic E-state index is -0.325. The van der Waals surface area contributed by atoms with Gasteiger partial charge in [0.15, 0.2) is 11.5 Å². The molecule has 1 unspecified atom stereocenters. The Labute approximate surface area is 139 Å². The highest BCUT2D eigenvalue weighted by Gasteiger charge is 2.15. The van der Waals surface area contributed by atoms with Crippen LogP contribution in [0.5, 0.6) is 11.5 Å². The topological polar surface area (TPSA) is 47.6 Å². The number of thioether (sulfide) groups is 1. The van der Waals surface area contributed by atoms with Crippen LogP contribution in [0.3, 0.4) is 0 Å². The van der Waals surface area contributed by atoms with E-state index in [0.29, 0.717) is 17.2 Å². The van der Waals surface area contributed by atoms with Gasteiger partial charge in [0.1, 0.15) is 5.82 Å². The third kappa shape index (κ3) is 4.63. The van der Waals surface area contributed by atoms with E-state index in [2.05, 4.69) is 5.32 Å². The van der Waals surface area contributed by atoms with Gasteiger partial charge in [0, 0.05) is 16.6 Å². The van der Waals surface area contributed by atoms with Gasteiger partial charge >= 0.3 is 0 Å². The van der Waals surface area contributed by atoms with Crippen molar-refractivity contribution in [2.24, 2.45) is 0 Å². The molecule has 0 aliphatic carbocycles. The zero-order chi connectivity index (χ0) is 16.8. The fourth-order valence-corrected chi connectivity index (χ4v) is 2.80. The van der Waals surface area contributed by atoms with Gasteiger partial charge in [-0.25, -0.2) is 4.39 Å². The molecular weight excluding hydrogens is 317 g/mol. The van der Waals surface area contributed by atoms with Crippen molar-refractivity contribution in [2.45, 2.75) is 17.1 Å². The Morgan fingerprint density at radius 3 is 2.35 bits per heavy atom. The molecule has 0 aromatic heterocycles. The van der Waals surface area contributed by atoms with E-state index < -0.39 is 0 Å². The fraction of sp³-hybridized carbons (Fsp3) is 0.235. The first-order valence-corrected chi connectivity index (χ1v) is 7.86. The monoisotopic (exact) mass is 335 g/mol. The van der Waals surface area contributed by atoms with Crippen LogP contribution in [0.2, 0.25) is 0 Å². The van der Waals surface area contributed by atoms with E-state index in [1.807, 2.05) is 0 Å². The third-order valence-electron chi connectivity index (χ3n) is 3.15. The molecule has 0 aliphatic rings. The number of halogens is 1. The van der Waals surface area contributed by atoms with E-state index >= 15 is 0 Å². The first kappa shape index (κ1) is 17.1. The van der Waals surface area contributed by atoms with Gasteiger partial charge in [-0.2, -0.15) is 0 Å². The van der Waals surface area contributed by atoms with E-state index in [1.165, 1.54) is 31.0 Å². The van der Waals surface area contributed by atoms with Crippen LogP contribution in [0, 0.1) is 5.82 Å². The molecule has 0 saturated carbocycles. The quantitative estimate of drug-likeness (QED) is 0.812. The summed E-state index contributed by atoms with van der Waals surface area (Å²) in [6.07, 6.45) is 0. The second-order valence-electron chi connectivity index (χ2n) is 4.77. The number of amides is 1. The molecule has 0 saturated heterocycles. The Kier molecular flexibility index (Phi) is 5.87. The Bertz CT molecular complexity index is 676. The Hall–Kier alpha value is -2.21. The lowest BCUT2D eigenvalue weighted by molar-refractivity contribution is -0.115. The molecule has 23 heavy (non-hydrogen) atoms. The first-order valence-electron chi connectivity index (χ1n) is 6.98. The lowest BCUT2D eigenvalue weighted by Crippen LogP contribution is -2.22. The van der Waals surface area contributed by atoms with E-state index in [-0.39, 0.29) is 17.0 Å². The number of hydrogen-bond donors (Lipinski definition) is 1. The van der Waals surface area contributed by atoms with Crippen LogP contribution in [-0.4, -0.2) is 25.4 Å². The standard InChI is InChI=1S/C17H18FNO3S/c1-11(23-14-7-4-12(18)5-8-14)17(20)19-13-6-9-15(21-2)16(10-13)22-3/h4-11H,1-3H3,(H,19,20). The lowest BCUT2D eigenvalue weighted by Gasteiger charge is -2.14. The zero-order valence-corrected chi connectivity index (χ0v) is 13.9. The van der Waals surface area contributed by atoms with Gasteiger partial charge in [0.25, 0.3) is 0 Å². The van der Waals surface area contributed by atoms with Crippen molar-refractivity contribution < 1.29 is 18.7 Å². The molecule has 1 N–H and O–H groups in total. The molecule has 2 aromatic carbocycles. The van der Waals surface area contributed by atoms with Crippen molar-refractivity contribution >= 4 is 23.4 Å². The van der Waals surface area contributed by atoms with Crippen molar-refractivity contribution in [1.82, 2.24) is 0 Å². The Morgan fingerprint density at radius 1 is 1.09 bits per heavy atom. The van der Waals surface area contributed by atoms with Gasteiger partial charge < -0.3 is 14.8 Å². The van der Waals surface area contributed by atoms with Crippen LogP contribution in [0.1, 0.15) is 6.92 Å². The molecule has 1 amide bonds. The third-order valence-corrected chi connectivity index (χ3v) is 4.26. The molecule has 0 fully saturated rings. The number of nitrogens with one attached hydrogen (secondary N) is 1. The first-order chi connectivity index (χ1) is 11.0. The highest BCUT2D eigenvalue weighted by molar-refractivity contribution is 8.00. The van der Waals surface area contributed by atoms with Crippen molar-refractivity contribution in [1.29, 1.82) is 0 Å². The predicted molar refractivity (Wildman–Crippen MR) is 89.9 cm³/mol. The van der Waals surface area contributed by atoms with Gasteiger partial charge in [-0.05, 0) is 43.3 Å². The molecule has 2 rings (SSSR count). The Balaban J connectivity index is 2.01. The molecule has 6 heteroatoms. The number of methoxy groups -OCH3 is 2. The average molecular weight is 335 g/mol. The average Bonchev–Trinajstić information content (AvgIpc) is 2.56. The lowest BCUT2D eigenvalue weighted by atomic mass is 10.2. The van der Waals surface area contributed by atoms with Gasteiger partial charge in [-0.3, -0.25) is 4.79 Å². The number of benzene rings is 2. The van der Waals surface area contributed by atoms with Gasteiger partial charge in [-0.15, -0.1) is 11.8 Å². The summed E-state index contributed by atoms with van der Waals surface area (Å²) in [5.41, 5.74) is 0.624. The maximum absolute atomic E-state index is 12.9. The summed E-state index contributed by atoms with van der Waals surface area (Å²) in [6.45, 7) is 1.80. The molecule has 0 spiro atoms. The molecule has 0 heterocycles. The van der Waals surface area contributed by atoms with Gasteiger partial charge in [0.05, 0.1) is 19.5 Å². The van der Waals surface area contributed by atoms with Crippen molar-refractivity contribution in [3.8, 4) is 11.5 Å².